The van der Waals surface area contributed by atoms with Gasteiger partial charge >= 0.3 is 0 Å². The van der Waals surface area contributed by atoms with Crippen LogP contribution in [-0.4, -0.2) is 33.9 Å². The summed E-state index contributed by atoms with van der Waals surface area (Å²) in [7, 11) is 0. The lowest BCUT2D eigenvalue weighted by Crippen LogP contribution is -2.43. The maximum atomic E-state index is 11.9. The van der Waals surface area contributed by atoms with Crippen molar-refractivity contribution in [2.75, 3.05) is 11.9 Å². The van der Waals surface area contributed by atoms with Gasteiger partial charge in [0, 0.05) is 24.7 Å². The van der Waals surface area contributed by atoms with E-state index in [0.29, 0.717) is 24.3 Å². The predicted octanol–water partition coefficient (Wildman–Crippen LogP) is 1.76. The third-order valence-corrected chi connectivity index (χ3v) is 3.18. The van der Waals surface area contributed by atoms with E-state index in [4.69, 9.17) is 5.26 Å². The summed E-state index contributed by atoms with van der Waals surface area (Å²) in [5.74, 6) is 0.867. The first-order valence-electron chi connectivity index (χ1n) is 6.33. The molecular weight excluding hydrogens is 240 g/mol. The number of aromatic nitrogens is 1. The van der Waals surface area contributed by atoms with E-state index in [0.717, 1.165) is 0 Å². The van der Waals surface area contributed by atoms with Crippen LogP contribution < -0.4 is 5.32 Å². The van der Waals surface area contributed by atoms with E-state index in [9.17, 15) is 4.79 Å². The number of nitriles is 1. The molecule has 1 saturated heterocycles. The van der Waals surface area contributed by atoms with Crippen LogP contribution in [0, 0.1) is 11.3 Å². The van der Waals surface area contributed by atoms with Gasteiger partial charge < -0.3 is 10.2 Å². The normalized spacial score (nSPS) is 19.4. The maximum absolute atomic E-state index is 11.9. The van der Waals surface area contributed by atoms with Gasteiger partial charge in [-0.2, -0.15) is 5.26 Å². The van der Waals surface area contributed by atoms with Crippen LogP contribution in [0.2, 0.25) is 0 Å². The number of nitrogens with one attached hydrogen (secondary N) is 1. The molecule has 1 fully saturated rings. The first-order valence-corrected chi connectivity index (χ1v) is 6.33. The molecule has 0 bridgehead atoms. The molecule has 0 saturated carbocycles. The summed E-state index contributed by atoms with van der Waals surface area (Å²) in [4.78, 5) is 18.0. The molecule has 0 radical (unpaired) electrons. The average Bonchev–Trinajstić information content (AvgIpc) is 2.71. The van der Waals surface area contributed by atoms with Crippen molar-refractivity contribution in [3.05, 3.63) is 23.9 Å². The molecule has 0 spiro atoms. The number of rotatable bonds is 2. The molecule has 5 nitrogen and oxygen atoms in total. The summed E-state index contributed by atoms with van der Waals surface area (Å²) in [6.07, 6.45) is 2.01. The Kier molecular flexibility index (Phi) is 3.43. The minimum Gasteiger partial charge on any atom is -0.365 e. The van der Waals surface area contributed by atoms with Gasteiger partial charge in [-0.15, -0.1) is 0 Å². The van der Waals surface area contributed by atoms with E-state index in [1.807, 2.05) is 31.7 Å². The highest BCUT2D eigenvalue weighted by Crippen LogP contribution is 2.23. The van der Waals surface area contributed by atoms with Gasteiger partial charge in [0.15, 0.2) is 0 Å². The summed E-state index contributed by atoms with van der Waals surface area (Å²) in [6, 6.07) is 5.59. The number of hydrogen-bond acceptors (Lipinski definition) is 4. The molecule has 19 heavy (non-hydrogen) atoms. The molecule has 1 N–H and O–H groups in total. The van der Waals surface area contributed by atoms with Gasteiger partial charge in [0.05, 0.1) is 11.6 Å². The Morgan fingerprint density at radius 1 is 1.47 bits per heavy atom. The van der Waals surface area contributed by atoms with Crippen LogP contribution in [0.3, 0.4) is 0 Å². The molecule has 100 valence electrons. The molecule has 2 heterocycles. The number of nitrogens with zero attached hydrogens (tertiary/aromatic N) is 3. The van der Waals surface area contributed by atoms with Crippen LogP contribution in [0.25, 0.3) is 0 Å². The van der Waals surface area contributed by atoms with Gasteiger partial charge in [0.25, 0.3) is 0 Å². The molecule has 1 amide bonds. The Morgan fingerprint density at radius 3 is 2.68 bits per heavy atom. The van der Waals surface area contributed by atoms with Crippen LogP contribution in [-0.2, 0) is 4.79 Å². The topological polar surface area (TPSA) is 69.0 Å². The molecule has 1 unspecified atom stereocenters. The second-order valence-electron chi connectivity index (χ2n) is 5.76. The molecule has 1 atom stereocenters. The monoisotopic (exact) mass is 258 g/mol. The summed E-state index contributed by atoms with van der Waals surface area (Å²) in [5.41, 5.74) is 0.385. The van der Waals surface area contributed by atoms with Crippen LogP contribution in [0.4, 0.5) is 5.82 Å². The quantitative estimate of drug-likeness (QED) is 0.877. The lowest BCUT2D eigenvalue weighted by Gasteiger charge is -2.32. The summed E-state index contributed by atoms with van der Waals surface area (Å²) in [6.45, 7) is 6.79. The minimum atomic E-state index is -0.147. The number of carbonyl (C=O) groups excluding carboxylic acids is 1. The molecule has 1 aromatic heterocycles. The van der Waals surface area contributed by atoms with E-state index in [2.05, 4.69) is 10.3 Å². The van der Waals surface area contributed by atoms with E-state index < -0.39 is 0 Å². The second-order valence-corrected chi connectivity index (χ2v) is 5.76. The number of amides is 1. The molecule has 2 rings (SSSR count). The first-order chi connectivity index (χ1) is 8.90. The van der Waals surface area contributed by atoms with Gasteiger partial charge in [-0.25, -0.2) is 4.98 Å². The lowest BCUT2D eigenvalue weighted by molar-refractivity contribution is -0.131. The highest BCUT2D eigenvalue weighted by atomic mass is 16.2. The van der Waals surface area contributed by atoms with Crippen molar-refractivity contribution in [1.29, 1.82) is 5.26 Å². The Balaban J connectivity index is 2.01. The van der Waals surface area contributed by atoms with Gasteiger partial charge in [0.1, 0.15) is 11.9 Å². The maximum Gasteiger partial charge on any atom is 0.225 e. The van der Waals surface area contributed by atoms with Crippen molar-refractivity contribution in [2.24, 2.45) is 0 Å². The number of pyridine rings is 1. The van der Waals surface area contributed by atoms with Gasteiger partial charge in [-0.3, -0.25) is 4.79 Å². The van der Waals surface area contributed by atoms with E-state index in [-0.39, 0.29) is 17.5 Å². The van der Waals surface area contributed by atoms with Crippen molar-refractivity contribution in [3.63, 3.8) is 0 Å². The fourth-order valence-electron chi connectivity index (χ4n) is 2.21. The zero-order chi connectivity index (χ0) is 14.0. The number of anilines is 1. The third kappa shape index (κ3) is 3.02. The molecule has 5 heteroatoms. The predicted molar refractivity (Wildman–Crippen MR) is 72.4 cm³/mol. The average molecular weight is 258 g/mol. The van der Waals surface area contributed by atoms with Crippen molar-refractivity contribution in [3.8, 4) is 6.07 Å². The number of carbonyl (C=O) groups is 1. The van der Waals surface area contributed by atoms with Crippen LogP contribution >= 0.6 is 0 Å². The molecule has 1 aliphatic heterocycles. The fourth-order valence-corrected chi connectivity index (χ4v) is 2.21. The zero-order valence-electron chi connectivity index (χ0n) is 11.5. The third-order valence-electron chi connectivity index (χ3n) is 3.18. The van der Waals surface area contributed by atoms with Crippen LogP contribution in [0.1, 0.15) is 32.8 Å². The molecule has 1 aromatic rings. The fraction of sp³-hybridized carbons (Fsp3) is 0.500. The minimum absolute atomic E-state index is 0.0761. The zero-order valence-corrected chi connectivity index (χ0v) is 11.5. The summed E-state index contributed by atoms with van der Waals surface area (Å²) < 4.78 is 0. The van der Waals surface area contributed by atoms with Crippen molar-refractivity contribution in [2.45, 2.75) is 38.8 Å². The Bertz CT molecular complexity index is 510. The van der Waals surface area contributed by atoms with Gasteiger partial charge in [-0.1, -0.05) is 0 Å². The smallest absolute Gasteiger partial charge is 0.225 e. The van der Waals surface area contributed by atoms with E-state index >= 15 is 0 Å². The molecule has 0 aliphatic carbocycles. The summed E-state index contributed by atoms with van der Waals surface area (Å²) >= 11 is 0. The van der Waals surface area contributed by atoms with Crippen LogP contribution in [0.5, 0.6) is 0 Å². The van der Waals surface area contributed by atoms with Crippen molar-refractivity contribution >= 4 is 11.7 Å². The number of hydrogen-bond donors (Lipinski definition) is 1. The molecule has 0 aromatic carbocycles. The Labute approximate surface area is 113 Å². The largest absolute Gasteiger partial charge is 0.365 e. The lowest BCUT2D eigenvalue weighted by atomic mass is 10.1. The van der Waals surface area contributed by atoms with E-state index in [1.165, 1.54) is 6.20 Å². The van der Waals surface area contributed by atoms with Gasteiger partial charge in [0.2, 0.25) is 5.91 Å². The number of likely N-dealkylation sites (tertiary alicyclic amines) is 1. The van der Waals surface area contributed by atoms with Gasteiger partial charge in [-0.05, 0) is 32.9 Å². The van der Waals surface area contributed by atoms with Crippen molar-refractivity contribution < 1.29 is 4.79 Å². The standard InChI is InChI=1S/C14H18N4O/c1-14(2,3)18-9-11(6-13(18)19)17-12-5-4-10(7-15)8-16-12/h4-5,8,11H,6,9H2,1-3H3,(H,16,17). The van der Waals surface area contributed by atoms with Crippen molar-refractivity contribution in [1.82, 2.24) is 9.88 Å². The Morgan fingerprint density at radius 2 is 2.21 bits per heavy atom. The highest BCUT2D eigenvalue weighted by Gasteiger charge is 2.36. The van der Waals surface area contributed by atoms with Crippen LogP contribution in [0.15, 0.2) is 18.3 Å². The summed E-state index contributed by atoms with van der Waals surface area (Å²) in [5, 5.41) is 12.0. The molecular formula is C14H18N4O. The first kappa shape index (κ1) is 13.3. The highest BCUT2D eigenvalue weighted by molar-refractivity contribution is 5.80. The molecule has 1 aliphatic rings. The Hall–Kier alpha value is -2.09. The SMILES string of the molecule is CC(C)(C)N1CC(Nc2ccc(C#N)cn2)CC1=O. The van der Waals surface area contributed by atoms with E-state index in [1.54, 1.807) is 12.1 Å². The second kappa shape index (κ2) is 4.88.